The smallest absolute Gasteiger partial charge is 0.225 e. The number of rotatable bonds is 8. The molecule has 1 amide bonds. The van der Waals surface area contributed by atoms with E-state index in [1.54, 1.807) is 7.05 Å². The molecule has 7 heteroatoms. The molecule has 0 spiro atoms. The maximum absolute atomic E-state index is 12.2. The van der Waals surface area contributed by atoms with E-state index in [9.17, 15) is 4.79 Å². The first kappa shape index (κ1) is 25.7. The largest absolute Gasteiger partial charge is 0.352 e. The molecule has 0 aromatic heterocycles. The Labute approximate surface area is 193 Å². The summed E-state index contributed by atoms with van der Waals surface area (Å²) in [6.45, 7) is 13.7. The Morgan fingerprint density at radius 2 is 1.90 bits per heavy atom. The van der Waals surface area contributed by atoms with Crippen molar-refractivity contribution in [3.8, 4) is 0 Å². The second-order valence-corrected chi connectivity index (χ2v) is 7.72. The average Bonchev–Trinajstić information content (AvgIpc) is 3.17. The number of carbonyl (C=O) groups excluding carboxylic acids is 1. The Morgan fingerprint density at radius 3 is 2.48 bits per heavy atom. The number of aliphatic imine (C=N–C) groups is 1. The Balaban J connectivity index is 0.00000420. The molecule has 1 aromatic rings. The van der Waals surface area contributed by atoms with E-state index in [2.05, 4.69) is 58.6 Å². The molecule has 164 valence electrons. The molecule has 2 N–H and O–H groups in total. The molecule has 29 heavy (non-hydrogen) atoms. The van der Waals surface area contributed by atoms with Crippen LogP contribution in [0.15, 0.2) is 29.3 Å². The van der Waals surface area contributed by atoms with Crippen LogP contribution in [-0.2, 0) is 17.9 Å². The van der Waals surface area contributed by atoms with Crippen molar-refractivity contribution in [2.45, 2.75) is 53.2 Å². The molecule has 1 saturated heterocycles. The number of likely N-dealkylation sites (tertiary alicyclic amines) is 1. The maximum atomic E-state index is 12.2. The first-order valence-electron chi connectivity index (χ1n) is 10.5. The van der Waals surface area contributed by atoms with Gasteiger partial charge in [-0.25, -0.2) is 0 Å². The molecular formula is C22H38IN5O. The van der Waals surface area contributed by atoms with Gasteiger partial charge in [0.15, 0.2) is 5.96 Å². The van der Waals surface area contributed by atoms with Crippen LogP contribution in [0.1, 0.15) is 45.2 Å². The van der Waals surface area contributed by atoms with Crippen LogP contribution in [0.4, 0.5) is 0 Å². The van der Waals surface area contributed by atoms with E-state index in [1.807, 2.05) is 18.7 Å². The molecular weight excluding hydrogens is 477 g/mol. The molecule has 1 unspecified atom stereocenters. The van der Waals surface area contributed by atoms with Crippen molar-refractivity contribution in [2.24, 2.45) is 10.9 Å². The summed E-state index contributed by atoms with van der Waals surface area (Å²) in [6.07, 6.45) is 0.956. The second-order valence-electron chi connectivity index (χ2n) is 7.72. The number of amides is 1. The van der Waals surface area contributed by atoms with E-state index in [0.717, 1.165) is 51.6 Å². The van der Waals surface area contributed by atoms with Crippen LogP contribution in [-0.4, -0.2) is 60.9 Å². The van der Waals surface area contributed by atoms with Gasteiger partial charge in [0, 0.05) is 45.2 Å². The number of hydrogen-bond donors (Lipinski definition) is 2. The highest BCUT2D eigenvalue weighted by molar-refractivity contribution is 14.0. The first-order chi connectivity index (χ1) is 13.5. The van der Waals surface area contributed by atoms with Crippen LogP contribution in [0.5, 0.6) is 0 Å². The summed E-state index contributed by atoms with van der Waals surface area (Å²) >= 11 is 0. The molecule has 0 radical (unpaired) electrons. The molecule has 1 aromatic carbocycles. The molecule has 1 aliphatic rings. The summed E-state index contributed by atoms with van der Waals surface area (Å²) < 4.78 is 0. The van der Waals surface area contributed by atoms with Gasteiger partial charge in [-0.2, -0.15) is 0 Å². The lowest BCUT2D eigenvalue weighted by atomic mass is 10.1. The van der Waals surface area contributed by atoms with Gasteiger partial charge in [-0.15, -0.1) is 24.0 Å². The molecule has 0 bridgehead atoms. The number of benzene rings is 1. The van der Waals surface area contributed by atoms with Crippen LogP contribution in [0.2, 0.25) is 0 Å². The fraction of sp³-hybridized carbons (Fsp3) is 0.636. The zero-order valence-corrected chi connectivity index (χ0v) is 20.9. The van der Waals surface area contributed by atoms with Crippen molar-refractivity contribution in [1.29, 1.82) is 0 Å². The van der Waals surface area contributed by atoms with E-state index in [1.165, 1.54) is 11.1 Å². The number of nitrogens with one attached hydrogen (secondary N) is 2. The molecule has 0 saturated carbocycles. The van der Waals surface area contributed by atoms with Gasteiger partial charge in [-0.05, 0) is 30.6 Å². The van der Waals surface area contributed by atoms with Gasteiger partial charge >= 0.3 is 0 Å². The van der Waals surface area contributed by atoms with E-state index < -0.39 is 0 Å². The van der Waals surface area contributed by atoms with Crippen molar-refractivity contribution >= 4 is 35.8 Å². The van der Waals surface area contributed by atoms with Crippen molar-refractivity contribution < 1.29 is 4.79 Å². The predicted molar refractivity (Wildman–Crippen MR) is 132 cm³/mol. The predicted octanol–water partition coefficient (Wildman–Crippen LogP) is 3.07. The monoisotopic (exact) mass is 515 g/mol. The number of hydrogen-bond acceptors (Lipinski definition) is 3. The van der Waals surface area contributed by atoms with Gasteiger partial charge in [0.2, 0.25) is 5.91 Å². The number of carbonyl (C=O) groups is 1. The molecule has 2 rings (SSSR count). The summed E-state index contributed by atoms with van der Waals surface area (Å²) in [6, 6.07) is 8.83. The van der Waals surface area contributed by atoms with Gasteiger partial charge in [-0.3, -0.25) is 14.7 Å². The molecule has 6 nitrogen and oxygen atoms in total. The molecule has 1 fully saturated rings. The SMILES string of the molecule is CCN(CC)Cc1ccccc1CNC(=NC)NC1CCN(C(=O)C(C)C)C1.I. The third-order valence-electron chi connectivity index (χ3n) is 5.41. The van der Waals surface area contributed by atoms with Gasteiger partial charge in [-0.1, -0.05) is 52.0 Å². The van der Waals surface area contributed by atoms with E-state index in [4.69, 9.17) is 0 Å². The third kappa shape index (κ3) is 7.77. The van der Waals surface area contributed by atoms with Gasteiger partial charge in [0.1, 0.15) is 0 Å². The lowest BCUT2D eigenvalue weighted by Gasteiger charge is -2.22. The Morgan fingerprint density at radius 1 is 1.24 bits per heavy atom. The molecule has 0 aliphatic carbocycles. The van der Waals surface area contributed by atoms with Crippen molar-refractivity contribution in [2.75, 3.05) is 33.2 Å². The standard InChI is InChI=1S/C22H37N5O.HI/c1-6-26(7-2)15-19-11-9-8-10-18(19)14-24-22(23-5)25-20-12-13-27(16-20)21(28)17(3)4;/h8-11,17,20H,6-7,12-16H2,1-5H3,(H2,23,24,25);1H. The molecule has 1 atom stereocenters. The zero-order chi connectivity index (χ0) is 20.5. The van der Waals surface area contributed by atoms with Crippen LogP contribution < -0.4 is 10.6 Å². The summed E-state index contributed by atoms with van der Waals surface area (Å²) in [4.78, 5) is 20.9. The first-order valence-corrected chi connectivity index (χ1v) is 10.5. The lowest BCUT2D eigenvalue weighted by Crippen LogP contribution is -2.45. The maximum Gasteiger partial charge on any atom is 0.225 e. The molecule has 1 heterocycles. The van der Waals surface area contributed by atoms with Gasteiger partial charge in [0.05, 0.1) is 0 Å². The Kier molecular flexibility index (Phi) is 11.6. The van der Waals surface area contributed by atoms with Crippen molar-refractivity contribution in [3.63, 3.8) is 0 Å². The molecule has 1 aliphatic heterocycles. The van der Waals surface area contributed by atoms with Crippen LogP contribution in [0.3, 0.4) is 0 Å². The second kappa shape index (κ2) is 13.1. The highest BCUT2D eigenvalue weighted by atomic mass is 127. The Bertz CT molecular complexity index is 660. The van der Waals surface area contributed by atoms with Crippen LogP contribution in [0, 0.1) is 5.92 Å². The highest BCUT2D eigenvalue weighted by Crippen LogP contribution is 2.14. The minimum absolute atomic E-state index is 0. The van der Waals surface area contributed by atoms with E-state index in [0.29, 0.717) is 0 Å². The normalized spacial score (nSPS) is 16.9. The minimum Gasteiger partial charge on any atom is -0.352 e. The quantitative estimate of drug-likeness (QED) is 0.318. The lowest BCUT2D eigenvalue weighted by molar-refractivity contribution is -0.133. The number of guanidine groups is 1. The summed E-state index contributed by atoms with van der Waals surface area (Å²) in [7, 11) is 1.79. The third-order valence-corrected chi connectivity index (χ3v) is 5.41. The summed E-state index contributed by atoms with van der Waals surface area (Å²) in [5.41, 5.74) is 2.64. The fourth-order valence-electron chi connectivity index (χ4n) is 3.58. The van der Waals surface area contributed by atoms with E-state index >= 15 is 0 Å². The van der Waals surface area contributed by atoms with Crippen molar-refractivity contribution in [1.82, 2.24) is 20.4 Å². The van der Waals surface area contributed by atoms with E-state index in [-0.39, 0.29) is 41.8 Å². The Hall–Kier alpha value is -1.35. The average molecular weight is 515 g/mol. The summed E-state index contributed by atoms with van der Waals surface area (Å²) in [5.74, 6) is 1.08. The topological polar surface area (TPSA) is 60.0 Å². The van der Waals surface area contributed by atoms with Crippen molar-refractivity contribution in [3.05, 3.63) is 35.4 Å². The van der Waals surface area contributed by atoms with Gasteiger partial charge < -0.3 is 15.5 Å². The number of nitrogens with zero attached hydrogens (tertiary/aromatic N) is 3. The zero-order valence-electron chi connectivity index (χ0n) is 18.6. The fourth-order valence-corrected chi connectivity index (χ4v) is 3.58. The minimum atomic E-state index is 0. The number of halogens is 1. The van der Waals surface area contributed by atoms with Crippen LogP contribution in [0.25, 0.3) is 0 Å². The van der Waals surface area contributed by atoms with Crippen LogP contribution >= 0.6 is 24.0 Å². The summed E-state index contributed by atoms with van der Waals surface area (Å²) in [5, 5.41) is 6.92. The van der Waals surface area contributed by atoms with Gasteiger partial charge in [0.25, 0.3) is 0 Å². The highest BCUT2D eigenvalue weighted by Gasteiger charge is 2.27.